The lowest BCUT2D eigenvalue weighted by molar-refractivity contribution is -0.127. The zero-order valence-corrected chi connectivity index (χ0v) is 15.5. The maximum atomic E-state index is 12.0. The number of methoxy groups -OCH3 is 1. The molecule has 0 saturated carbocycles. The summed E-state index contributed by atoms with van der Waals surface area (Å²) in [5.74, 6) is 0.896. The van der Waals surface area contributed by atoms with Gasteiger partial charge < -0.3 is 9.47 Å². The van der Waals surface area contributed by atoms with E-state index in [1.807, 2.05) is 12.1 Å². The standard InChI is InChI=1S/C17H16BrClN2O3/c1-11(24-14-5-3-13(19)4-6-14)17(22)21-20-10-12-9-15(23-2)7-8-16(12)18/h3-11H,1-2H3,(H,21,22)/b20-10+. The van der Waals surface area contributed by atoms with E-state index in [4.69, 9.17) is 21.1 Å². The Morgan fingerprint density at radius 1 is 1.25 bits per heavy atom. The summed E-state index contributed by atoms with van der Waals surface area (Å²) >= 11 is 9.22. The van der Waals surface area contributed by atoms with Gasteiger partial charge >= 0.3 is 0 Å². The van der Waals surface area contributed by atoms with Crippen molar-refractivity contribution in [2.24, 2.45) is 5.10 Å². The SMILES string of the molecule is COc1ccc(Br)c(/C=N/NC(=O)C(C)Oc2ccc(Cl)cc2)c1. The normalized spacial score (nSPS) is 12.0. The predicted molar refractivity (Wildman–Crippen MR) is 98.0 cm³/mol. The maximum Gasteiger partial charge on any atom is 0.280 e. The molecule has 0 aliphatic carbocycles. The smallest absolute Gasteiger partial charge is 0.280 e. The Morgan fingerprint density at radius 3 is 2.58 bits per heavy atom. The summed E-state index contributed by atoms with van der Waals surface area (Å²) in [6.07, 6.45) is 0.830. The Morgan fingerprint density at radius 2 is 1.92 bits per heavy atom. The highest BCUT2D eigenvalue weighted by Gasteiger charge is 2.13. The monoisotopic (exact) mass is 410 g/mol. The van der Waals surface area contributed by atoms with E-state index in [-0.39, 0.29) is 5.91 Å². The Labute approximate surface area is 153 Å². The van der Waals surface area contributed by atoms with Crippen LogP contribution < -0.4 is 14.9 Å². The van der Waals surface area contributed by atoms with Crippen molar-refractivity contribution in [3.8, 4) is 11.5 Å². The highest BCUT2D eigenvalue weighted by Crippen LogP contribution is 2.21. The number of ether oxygens (including phenoxy) is 2. The van der Waals surface area contributed by atoms with Gasteiger partial charge in [-0.3, -0.25) is 4.79 Å². The summed E-state index contributed by atoms with van der Waals surface area (Å²) in [6, 6.07) is 12.2. The number of benzene rings is 2. The number of carbonyl (C=O) groups is 1. The molecule has 126 valence electrons. The largest absolute Gasteiger partial charge is 0.497 e. The van der Waals surface area contributed by atoms with Gasteiger partial charge in [0.15, 0.2) is 6.10 Å². The highest BCUT2D eigenvalue weighted by atomic mass is 79.9. The van der Waals surface area contributed by atoms with Gasteiger partial charge in [-0.2, -0.15) is 5.10 Å². The van der Waals surface area contributed by atoms with Crippen LogP contribution in [-0.2, 0) is 4.79 Å². The number of halogens is 2. The molecule has 7 heteroatoms. The summed E-state index contributed by atoms with van der Waals surface area (Å²) in [5, 5.41) is 4.55. The van der Waals surface area contributed by atoms with Crippen LogP contribution in [0.15, 0.2) is 52.0 Å². The fourth-order valence-corrected chi connectivity index (χ4v) is 2.25. The zero-order chi connectivity index (χ0) is 17.5. The fourth-order valence-electron chi connectivity index (χ4n) is 1.77. The second-order valence-corrected chi connectivity index (χ2v) is 6.13. The molecule has 2 aromatic rings. The Hall–Kier alpha value is -2.05. The molecular weight excluding hydrogens is 396 g/mol. The van der Waals surface area contributed by atoms with Crippen molar-refractivity contribution < 1.29 is 14.3 Å². The lowest BCUT2D eigenvalue weighted by Gasteiger charge is -2.12. The van der Waals surface area contributed by atoms with Crippen LogP contribution in [0.5, 0.6) is 11.5 Å². The van der Waals surface area contributed by atoms with E-state index >= 15 is 0 Å². The van der Waals surface area contributed by atoms with Crippen molar-refractivity contribution in [3.05, 3.63) is 57.5 Å². The Bertz CT molecular complexity index is 735. The molecule has 0 fully saturated rings. The average molecular weight is 412 g/mol. The minimum atomic E-state index is -0.697. The number of hydrogen-bond donors (Lipinski definition) is 1. The van der Waals surface area contributed by atoms with Gasteiger partial charge in [0, 0.05) is 15.1 Å². The molecule has 0 spiro atoms. The van der Waals surface area contributed by atoms with Crippen molar-refractivity contribution in [1.29, 1.82) is 0 Å². The molecule has 1 amide bonds. The van der Waals surface area contributed by atoms with Crippen molar-refractivity contribution in [2.75, 3.05) is 7.11 Å². The van der Waals surface area contributed by atoms with Crippen molar-refractivity contribution in [3.63, 3.8) is 0 Å². The van der Waals surface area contributed by atoms with Crippen LogP contribution in [-0.4, -0.2) is 25.3 Å². The molecule has 2 rings (SSSR count). The van der Waals surface area contributed by atoms with Crippen LogP contribution in [0.2, 0.25) is 5.02 Å². The quantitative estimate of drug-likeness (QED) is 0.577. The summed E-state index contributed by atoms with van der Waals surface area (Å²) in [6.45, 7) is 1.64. The van der Waals surface area contributed by atoms with Gasteiger partial charge in [-0.15, -0.1) is 0 Å². The number of nitrogens with one attached hydrogen (secondary N) is 1. The molecule has 5 nitrogen and oxygen atoms in total. The van der Waals surface area contributed by atoms with Crippen LogP contribution in [0.1, 0.15) is 12.5 Å². The average Bonchev–Trinajstić information content (AvgIpc) is 2.58. The van der Waals surface area contributed by atoms with E-state index in [1.165, 1.54) is 6.21 Å². The molecule has 0 aliphatic rings. The topological polar surface area (TPSA) is 59.9 Å². The minimum Gasteiger partial charge on any atom is -0.497 e. The number of hydrazone groups is 1. The van der Waals surface area contributed by atoms with Gasteiger partial charge in [0.2, 0.25) is 0 Å². The van der Waals surface area contributed by atoms with Crippen LogP contribution in [0.4, 0.5) is 0 Å². The molecule has 1 atom stereocenters. The van der Waals surface area contributed by atoms with Crippen molar-refractivity contribution in [2.45, 2.75) is 13.0 Å². The van der Waals surface area contributed by atoms with Gasteiger partial charge in [-0.1, -0.05) is 27.5 Å². The molecule has 0 saturated heterocycles. The van der Waals surface area contributed by atoms with E-state index in [2.05, 4.69) is 26.5 Å². The third-order valence-electron chi connectivity index (χ3n) is 3.08. The molecule has 24 heavy (non-hydrogen) atoms. The first-order valence-electron chi connectivity index (χ1n) is 7.08. The molecular formula is C17H16BrClN2O3. The highest BCUT2D eigenvalue weighted by molar-refractivity contribution is 9.10. The Kier molecular flexibility index (Phi) is 6.63. The first-order chi connectivity index (χ1) is 11.5. The molecule has 2 aromatic carbocycles. The molecule has 0 heterocycles. The van der Waals surface area contributed by atoms with Gasteiger partial charge in [0.1, 0.15) is 11.5 Å². The first kappa shape index (κ1) is 18.3. The third kappa shape index (κ3) is 5.25. The first-order valence-corrected chi connectivity index (χ1v) is 8.25. The number of nitrogens with zero attached hydrogens (tertiary/aromatic N) is 1. The number of amides is 1. The lowest BCUT2D eigenvalue weighted by Crippen LogP contribution is -2.33. The van der Waals surface area contributed by atoms with Gasteiger partial charge in [-0.25, -0.2) is 5.43 Å². The van der Waals surface area contributed by atoms with Crippen molar-refractivity contribution in [1.82, 2.24) is 5.43 Å². The predicted octanol–water partition coefficient (Wildman–Crippen LogP) is 4.03. The van der Waals surface area contributed by atoms with Gasteiger partial charge in [0.05, 0.1) is 13.3 Å². The van der Waals surface area contributed by atoms with Crippen LogP contribution in [0.3, 0.4) is 0 Å². The van der Waals surface area contributed by atoms with E-state index in [0.717, 1.165) is 10.0 Å². The minimum absolute atomic E-state index is 0.361. The maximum absolute atomic E-state index is 12.0. The molecule has 1 unspecified atom stereocenters. The molecule has 0 aromatic heterocycles. The summed E-state index contributed by atoms with van der Waals surface area (Å²) in [5.41, 5.74) is 3.22. The Balaban J connectivity index is 1.93. The zero-order valence-electron chi connectivity index (χ0n) is 13.1. The van der Waals surface area contributed by atoms with Gasteiger partial charge in [0.25, 0.3) is 5.91 Å². The lowest BCUT2D eigenvalue weighted by atomic mass is 10.2. The molecule has 0 radical (unpaired) electrons. The summed E-state index contributed by atoms with van der Waals surface area (Å²) in [7, 11) is 1.59. The van der Waals surface area contributed by atoms with Crippen LogP contribution in [0, 0.1) is 0 Å². The second-order valence-electron chi connectivity index (χ2n) is 4.84. The molecule has 1 N–H and O–H groups in total. The van der Waals surface area contributed by atoms with Gasteiger partial charge in [-0.05, 0) is 49.4 Å². The number of rotatable bonds is 6. The number of carbonyl (C=O) groups excluding carboxylic acids is 1. The molecule has 0 aliphatic heterocycles. The summed E-state index contributed by atoms with van der Waals surface area (Å²) in [4.78, 5) is 12.0. The van der Waals surface area contributed by atoms with Crippen molar-refractivity contribution >= 4 is 39.7 Å². The van der Waals surface area contributed by atoms with E-state index < -0.39 is 6.10 Å². The number of hydrogen-bond acceptors (Lipinski definition) is 4. The van der Waals surface area contributed by atoms with Crippen LogP contribution >= 0.6 is 27.5 Å². The fraction of sp³-hybridized carbons (Fsp3) is 0.176. The summed E-state index contributed by atoms with van der Waals surface area (Å²) < 4.78 is 11.5. The van der Waals surface area contributed by atoms with E-state index in [9.17, 15) is 4.79 Å². The van der Waals surface area contributed by atoms with E-state index in [0.29, 0.717) is 16.5 Å². The van der Waals surface area contributed by atoms with Crippen LogP contribution in [0.25, 0.3) is 0 Å². The molecule has 0 bridgehead atoms. The third-order valence-corrected chi connectivity index (χ3v) is 4.05. The second kappa shape index (κ2) is 8.70. The van der Waals surface area contributed by atoms with E-state index in [1.54, 1.807) is 44.4 Å².